The van der Waals surface area contributed by atoms with Gasteiger partial charge in [-0.1, -0.05) is 0 Å². The first kappa shape index (κ1) is 9.94. The molecule has 1 aromatic heterocycles. The van der Waals surface area contributed by atoms with E-state index in [9.17, 15) is 4.79 Å². The van der Waals surface area contributed by atoms with Crippen LogP contribution in [0.3, 0.4) is 0 Å². The molecule has 0 aliphatic rings. The summed E-state index contributed by atoms with van der Waals surface area (Å²) in [7, 11) is 1.62. The number of hydrogen-bond donors (Lipinski definition) is 2. The summed E-state index contributed by atoms with van der Waals surface area (Å²) in [4.78, 5) is 13.1. The van der Waals surface area contributed by atoms with E-state index in [1.807, 2.05) is 0 Å². The van der Waals surface area contributed by atoms with Crippen molar-refractivity contribution in [2.45, 2.75) is 6.42 Å². The summed E-state index contributed by atoms with van der Waals surface area (Å²) < 4.78 is 9.98. The van der Waals surface area contributed by atoms with Crippen LogP contribution in [-0.2, 0) is 15.9 Å². The zero-order chi connectivity index (χ0) is 9.52. The number of hydrogen-bond acceptors (Lipinski definition) is 4. The minimum absolute atomic E-state index is 0.285. The van der Waals surface area contributed by atoms with Gasteiger partial charge in [-0.15, -0.1) is 0 Å². The molecule has 0 bridgehead atoms. The number of aromatic nitrogens is 3. The summed E-state index contributed by atoms with van der Waals surface area (Å²) in [6.07, 6.45) is 0.600. The lowest BCUT2D eigenvalue weighted by Gasteiger charge is -2.00. The van der Waals surface area contributed by atoms with Gasteiger partial charge in [0.2, 0.25) is 0 Å². The first-order valence-corrected chi connectivity index (χ1v) is 4.03. The molecule has 0 unspecified atom stereocenters. The zero-order valence-electron chi connectivity index (χ0n) is 7.50. The van der Waals surface area contributed by atoms with Crippen LogP contribution < -0.4 is 5.69 Å². The Morgan fingerprint density at radius 2 is 2.23 bits per heavy atom. The molecule has 13 heavy (non-hydrogen) atoms. The second-order valence-electron chi connectivity index (χ2n) is 2.48. The predicted molar refractivity (Wildman–Crippen MR) is 45.6 cm³/mol. The third-order valence-electron chi connectivity index (χ3n) is 1.47. The van der Waals surface area contributed by atoms with Gasteiger partial charge in [-0.2, -0.15) is 5.10 Å². The number of aromatic amines is 2. The van der Waals surface area contributed by atoms with Crippen molar-refractivity contribution >= 4 is 0 Å². The molecular weight excluding hydrogens is 174 g/mol. The largest absolute Gasteiger partial charge is 0.382 e. The van der Waals surface area contributed by atoms with Crippen LogP contribution in [0.15, 0.2) is 4.79 Å². The highest BCUT2D eigenvalue weighted by Gasteiger charge is 1.96. The molecule has 74 valence electrons. The van der Waals surface area contributed by atoms with Crippen LogP contribution >= 0.6 is 0 Å². The molecule has 0 radical (unpaired) electrons. The van der Waals surface area contributed by atoms with Gasteiger partial charge < -0.3 is 9.47 Å². The fourth-order valence-corrected chi connectivity index (χ4v) is 0.837. The Balaban J connectivity index is 2.09. The molecule has 2 N–H and O–H groups in total. The number of rotatable bonds is 6. The van der Waals surface area contributed by atoms with E-state index in [1.165, 1.54) is 0 Å². The van der Waals surface area contributed by atoms with Gasteiger partial charge in [-0.3, -0.25) is 4.98 Å². The van der Waals surface area contributed by atoms with Gasteiger partial charge in [0, 0.05) is 13.5 Å². The second kappa shape index (κ2) is 5.50. The number of ether oxygens (including phenoxy) is 2. The average Bonchev–Trinajstić information content (AvgIpc) is 2.51. The molecule has 0 saturated carbocycles. The summed E-state index contributed by atoms with van der Waals surface area (Å²) in [6, 6.07) is 0. The average molecular weight is 187 g/mol. The highest BCUT2D eigenvalue weighted by Crippen LogP contribution is 1.86. The Hall–Kier alpha value is -1.14. The van der Waals surface area contributed by atoms with E-state index in [-0.39, 0.29) is 5.69 Å². The van der Waals surface area contributed by atoms with Crippen molar-refractivity contribution in [1.82, 2.24) is 15.2 Å². The van der Waals surface area contributed by atoms with E-state index in [2.05, 4.69) is 15.2 Å². The molecule has 0 saturated heterocycles. The van der Waals surface area contributed by atoms with E-state index in [0.29, 0.717) is 32.1 Å². The molecule has 0 aliphatic carbocycles. The molecule has 1 heterocycles. The predicted octanol–water partition coefficient (Wildman–Crippen LogP) is -0.696. The van der Waals surface area contributed by atoms with E-state index >= 15 is 0 Å². The minimum atomic E-state index is -0.285. The van der Waals surface area contributed by atoms with Crippen molar-refractivity contribution in [2.75, 3.05) is 26.9 Å². The monoisotopic (exact) mass is 187 g/mol. The molecule has 1 rings (SSSR count). The third kappa shape index (κ3) is 3.86. The molecule has 6 nitrogen and oxygen atoms in total. The van der Waals surface area contributed by atoms with E-state index in [4.69, 9.17) is 9.47 Å². The lowest BCUT2D eigenvalue weighted by molar-refractivity contribution is 0.0716. The van der Waals surface area contributed by atoms with Crippen molar-refractivity contribution in [3.8, 4) is 0 Å². The molecule has 1 aromatic rings. The summed E-state index contributed by atoms with van der Waals surface area (Å²) in [5.41, 5.74) is -0.285. The van der Waals surface area contributed by atoms with Crippen LogP contribution in [0.25, 0.3) is 0 Å². The summed E-state index contributed by atoms with van der Waals surface area (Å²) in [6.45, 7) is 1.67. The normalized spacial score (nSPS) is 10.5. The molecule has 0 atom stereocenters. The molecule has 0 amide bonds. The molecule has 0 aliphatic heterocycles. The van der Waals surface area contributed by atoms with Gasteiger partial charge in [0.25, 0.3) is 0 Å². The lowest BCUT2D eigenvalue weighted by Crippen LogP contribution is -2.06. The van der Waals surface area contributed by atoms with Crippen molar-refractivity contribution in [3.63, 3.8) is 0 Å². The van der Waals surface area contributed by atoms with Crippen LogP contribution in [0.4, 0.5) is 0 Å². The molecule has 0 fully saturated rings. The Kier molecular flexibility index (Phi) is 4.20. The first-order chi connectivity index (χ1) is 6.33. The zero-order valence-corrected chi connectivity index (χ0v) is 7.50. The van der Waals surface area contributed by atoms with Crippen molar-refractivity contribution in [3.05, 3.63) is 16.3 Å². The Morgan fingerprint density at radius 3 is 2.85 bits per heavy atom. The second-order valence-corrected chi connectivity index (χ2v) is 2.48. The quantitative estimate of drug-likeness (QED) is 0.577. The topological polar surface area (TPSA) is 80.0 Å². The van der Waals surface area contributed by atoms with E-state index in [0.717, 1.165) is 0 Å². The molecule has 0 aromatic carbocycles. The maximum absolute atomic E-state index is 10.6. The minimum Gasteiger partial charge on any atom is -0.382 e. The fraction of sp³-hybridized carbons (Fsp3) is 0.714. The highest BCUT2D eigenvalue weighted by atomic mass is 16.5. The van der Waals surface area contributed by atoms with Crippen molar-refractivity contribution < 1.29 is 9.47 Å². The van der Waals surface area contributed by atoms with Crippen molar-refractivity contribution in [2.24, 2.45) is 0 Å². The molecule has 0 spiro atoms. The van der Waals surface area contributed by atoms with Crippen LogP contribution in [-0.4, -0.2) is 42.1 Å². The smallest absolute Gasteiger partial charge is 0.340 e. The van der Waals surface area contributed by atoms with Crippen LogP contribution in [0, 0.1) is 0 Å². The van der Waals surface area contributed by atoms with E-state index < -0.39 is 0 Å². The van der Waals surface area contributed by atoms with Gasteiger partial charge in [-0.05, 0) is 0 Å². The van der Waals surface area contributed by atoms with Gasteiger partial charge in [0.15, 0.2) is 0 Å². The number of H-pyrrole nitrogens is 2. The number of methoxy groups -OCH3 is 1. The van der Waals surface area contributed by atoms with Gasteiger partial charge in [-0.25, -0.2) is 9.89 Å². The number of nitrogens with zero attached hydrogens (tertiary/aromatic N) is 1. The summed E-state index contributed by atoms with van der Waals surface area (Å²) in [5.74, 6) is 0.613. The maximum atomic E-state index is 10.6. The number of nitrogens with one attached hydrogen (secondary N) is 2. The van der Waals surface area contributed by atoms with Gasteiger partial charge >= 0.3 is 5.69 Å². The van der Waals surface area contributed by atoms with Crippen LogP contribution in [0.5, 0.6) is 0 Å². The van der Waals surface area contributed by atoms with Crippen LogP contribution in [0.2, 0.25) is 0 Å². The summed E-state index contributed by atoms with van der Waals surface area (Å²) in [5, 5.41) is 6.01. The summed E-state index contributed by atoms with van der Waals surface area (Å²) >= 11 is 0. The van der Waals surface area contributed by atoms with Gasteiger partial charge in [0.05, 0.1) is 19.8 Å². The Labute approximate surface area is 75.3 Å². The maximum Gasteiger partial charge on any atom is 0.340 e. The van der Waals surface area contributed by atoms with Gasteiger partial charge in [0.1, 0.15) is 5.82 Å². The fourth-order valence-electron chi connectivity index (χ4n) is 0.837. The van der Waals surface area contributed by atoms with Crippen molar-refractivity contribution in [1.29, 1.82) is 0 Å². The molecular formula is C7H13N3O3. The Bertz CT molecular complexity index is 281. The SMILES string of the molecule is COCCOCCc1n[nH]c(=O)[nH]1. The Morgan fingerprint density at radius 1 is 1.38 bits per heavy atom. The van der Waals surface area contributed by atoms with Crippen LogP contribution in [0.1, 0.15) is 5.82 Å². The highest BCUT2D eigenvalue weighted by molar-refractivity contribution is 4.79. The molecule has 6 heteroatoms. The first-order valence-electron chi connectivity index (χ1n) is 4.03. The van der Waals surface area contributed by atoms with E-state index in [1.54, 1.807) is 7.11 Å². The third-order valence-corrected chi connectivity index (χ3v) is 1.47. The lowest BCUT2D eigenvalue weighted by atomic mass is 10.4. The standard InChI is InChI=1S/C7H13N3O3/c1-12-4-5-13-3-2-6-8-7(11)10-9-6/h2-5H2,1H3,(H2,8,9,10,11).